The molecule has 2 N–H and O–H groups in total. The normalized spacial score (nSPS) is 17.5. The number of hydrogen-bond acceptors (Lipinski definition) is 4. The second kappa shape index (κ2) is 12.7. The van der Waals surface area contributed by atoms with Gasteiger partial charge in [0, 0.05) is 24.6 Å². The quantitative estimate of drug-likeness (QED) is 0.468. The van der Waals surface area contributed by atoms with E-state index in [2.05, 4.69) is 15.5 Å². The van der Waals surface area contributed by atoms with Gasteiger partial charge in [-0.2, -0.15) is 0 Å². The van der Waals surface area contributed by atoms with Crippen LogP contribution in [0, 0.1) is 11.8 Å². The average Bonchev–Trinajstić information content (AvgIpc) is 2.82. The summed E-state index contributed by atoms with van der Waals surface area (Å²) >= 11 is 0. The van der Waals surface area contributed by atoms with E-state index in [-0.39, 0.29) is 29.4 Å². The summed E-state index contributed by atoms with van der Waals surface area (Å²) in [6.45, 7) is 5.58. The lowest BCUT2D eigenvalue weighted by molar-refractivity contribution is -0.130. The van der Waals surface area contributed by atoms with Crippen LogP contribution in [-0.2, 0) is 14.4 Å². The summed E-state index contributed by atoms with van der Waals surface area (Å²) in [5, 5.41) is 8.21. The van der Waals surface area contributed by atoms with Crippen LogP contribution in [0.2, 0.25) is 0 Å². The van der Waals surface area contributed by atoms with E-state index in [0.717, 1.165) is 61.7 Å². The van der Waals surface area contributed by atoms with Crippen molar-refractivity contribution < 1.29 is 14.4 Å². The van der Waals surface area contributed by atoms with Gasteiger partial charge < -0.3 is 15.5 Å². The predicted molar refractivity (Wildman–Crippen MR) is 138 cm³/mol. The molecule has 1 aliphatic rings. The van der Waals surface area contributed by atoms with Crippen molar-refractivity contribution in [1.82, 2.24) is 10.2 Å². The molecule has 6 nitrogen and oxygen atoms in total. The highest BCUT2D eigenvalue weighted by atomic mass is 16.2. The topological polar surface area (TPSA) is 78.5 Å². The number of piperidine rings is 1. The first-order valence-corrected chi connectivity index (χ1v) is 12.6. The van der Waals surface area contributed by atoms with E-state index in [9.17, 15) is 14.4 Å². The van der Waals surface area contributed by atoms with Gasteiger partial charge in [0.25, 0.3) is 0 Å². The van der Waals surface area contributed by atoms with E-state index >= 15 is 0 Å². The molecule has 2 aromatic rings. The molecule has 6 heteroatoms. The third-order valence-electron chi connectivity index (χ3n) is 6.71. The highest BCUT2D eigenvalue weighted by Crippen LogP contribution is 2.20. The lowest BCUT2D eigenvalue weighted by atomic mass is 9.96. The molecular weight excluding hydrogens is 426 g/mol. The number of carbonyl (C=O) groups is 3. The number of anilines is 1. The van der Waals surface area contributed by atoms with Crippen LogP contribution < -0.4 is 10.6 Å². The van der Waals surface area contributed by atoms with Crippen molar-refractivity contribution in [2.24, 2.45) is 11.8 Å². The summed E-state index contributed by atoms with van der Waals surface area (Å²) in [5.74, 6) is 0.0262. The van der Waals surface area contributed by atoms with Crippen LogP contribution in [0.1, 0.15) is 58.8 Å². The third-order valence-corrected chi connectivity index (χ3v) is 6.71. The Kier molecular flexibility index (Phi) is 9.63. The molecule has 0 radical (unpaired) electrons. The summed E-state index contributed by atoms with van der Waals surface area (Å²) in [4.78, 5) is 40.2. The molecule has 2 unspecified atom stereocenters. The molecule has 34 heavy (non-hydrogen) atoms. The first kappa shape index (κ1) is 25.9. The molecular formula is C28H39N3O3. The van der Waals surface area contributed by atoms with Gasteiger partial charge in [0.05, 0.1) is 5.92 Å². The standard InChI is InChI=1S/C28H39N3O3/c1-20(2)26(32)14-6-4-5-13-25(30-27(33)23-12-9-17-31(3)19-23)28(34)29-24-16-15-21-10-7-8-11-22(21)18-24/h7-8,10-11,15-16,18,20,23,25H,4-6,9,12-14,17,19H2,1-3H3,(H,29,34)(H,30,33). The molecule has 0 spiro atoms. The Hall–Kier alpha value is -2.73. The zero-order chi connectivity index (χ0) is 24.5. The monoisotopic (exact) mass is 465 g/mol. The fourth-order valence-electron chi connectivity index (χ4n) is 4.55. The molecule has 2 amide bonds. The lowest BCUT2D eigenvalue weighted by Gasteiger charge is -2.30. The number of Topliss-reactive ketones (excluding diaryl/α,β-unsaturated/α-hetero) is 1. The van der Waals surface area contributed by atoms with Crippen LogP contribution in [0.25, 0.3) is 10.8 Å². The van der Waals surface area contributed by atoms with E-state index in [4.69, 9.17) is 0 Å². The van der Waals surface area contributed by atoms with Crippen LogP contribution in [0.3, 0.4) is 0 Å². The van der Waals surface area contributed by atoms with Crippen LogP contribution in [0.5, 0.6) is 0 Å². The fraction of sp³-hybridized carbons (Fsp3) is 0.536. The Morgan fingerprint density at radius 3 is 2.53 bits per heavy atom. The first-order chi connectivity index (χ1) is 16.3. The molecule has 184 valence electrons. The number of amides is 2. The van der Waals surface area contributed by atoms with Gasteiger partial charge in [-0.1, -0.05) is 57.0 Å². The van der Waals surface area contributed by atoms with Gasteiger partial charge in [-0.05, 0) is 62.2 Å². The molecule has 0 aromatic heterocycles. The first-order valence-electron chi connectivity index (χ1n) is 12.6. The molecule has 0 aliphatic carbocycles. The van der Waals surface area contributed by atoms with E-state index in [1.165, 1.54) is 0 Å². The number of rotatable bonds is 11. The lowest BCUT2D eigenvalue weighted by Crippen LogP contribution is -2.49. The molecule has 2 atom stereocenters. The van der Waals surface area contributed by atoms with Gasteiger partial charge >= 0.3 is 0 Å². The van der Waals surface area contributed by atoms with Gasteiger partial charge in [-0.25, -0.2) is 0 Å². The smallest absolute Gasteiger partial charge is 0.246 e. The Morgan fingerprint density at radius 2 is 1.79 bits per heavy atom. The number of ketones is 1. The highest BCUT2D eigenvalue weighted by molar-refractivity contribution is 5.99. The molecule has 1 saturated heterocycles. The van der Waals surface area contributed by atoms with Crippen molar-refractivity contribution in [3.63, 3.8) is 0 Å². The van der Waals surface area contributed by atoms with Gasteiger partial charge in [0.1, 0.15) is 11.8 Å². The number of unbranched alkanes of at least 4 members (excludes halogenated alkanes) is 2. The summed E-state index contributed by atoms with van der Waals surface area (Å²) in [5.41, 5.74) is 0.725. The van der Waals surface area contributed by atoms with Crippen molar-refractivity contribution >= 4 is 34.1 Å². The molecule has 0 bridgehead atoms. The molecule has 2 aromatic carbocycles. The zero-order valence-corrected chi connectivity index (χ0v) is 20.8. The largest absolute Gasteiger partial charge is 0.344 e. The Labute approximate surface area is 203 Å². The Balaban J connectivity index is 1.61. The van der Waals surface area contributed by atoms with E-state index in [0.29, 0.717) is 12.8 Å². The van der Waals surface area contributed by atoms with Gasteiger partial charge in [-0.15, -0.1) is 0 Å². The molecule has 1 heterocycles. The van der Waals surface area contributed by atoms with E-state index in [1.807, 2.05) is 63.4 Å². The zero-order valence-electron chi connectivity index (χ0n) is 20.8. The van der Waals surface area contributed by atoms with Crippen LogP contribution in [0.15, 0.2) is 42.5 Å². The summed E-state index contributed by atoms with van der Waals surface area (Å²) in [6.07, 6.45) is 5.44. The number of likely N-dealkylation sites (tertiary alicyclic amines) is 1. The number of nitrogens with one attached hydrogen (secondary N) is 2. The predicted octanol–water partition coefficient (Wildman–Crippen LogP) is 4.78. The third kappa shape index (κ3) is 7.66. The molecule has 1 fully saturated rings. The maximum Gasteiger partial charge on any atom is 0.246 e. The second-order valence-corrected chi connectivity index (χ2v) is 9.93. The van der Waals surface area contributed by atoms with E-state index in [1.54, 1.807) is 0 Å². The second-order valence-electron chi connectivity index (χ2n) is 9.93. The summed E-state index contributed by atoms with van der Waals surface area (Å²) in [6, 6.07) is 13.3. The fourth-order valence-corrected chi connectivity index (χ4v) is 4.55. The van der Waals surface area contributed by atoms with Crippen molar-refractivity contribution in [3.05, 3.63) is 42.5 Å². The molecule has 0 saturated carbocycles. The number of benzene rings is 2. The summed E-state index contributed by atoms with van der Waals surface area (Å²) in [7, 11) is 2.03. The van der Waals surface area contributed by atoms with Crippen molar-refractivity contribution in [3.8, 4) is 0 Å². The van der Waals surface area contributed by atoms with Crippen LogP contribution in [-0.4, -0.2) is 48.7 Å². The Morgan fingerprint density at radius 1 is 1.03 bits per heavy atom. The van der Waals surface area contributed by atoms with Gasteiger partial charge in [-0.3, -0.25) is 14.4 Å². The number of carbonyl (C=O) groups excluding carboxylic acids is 3. The minimum atomic E-state index is -0.591. The van der Waals surface area contributed by atoms with Crippen molar-refractivity contribution in [2.75, 3.05) is 25.5 Å². The average molecular weight is 466 g/mol. The number of fused-ring (bicyclic) bond motifs is 1. The maximum absolute atomic E-state index is 13.2. The van der Waals surface area contributed by atoms with Gasteiger partial charge in [0.2, 0.25) is 11.8 Å². The van der Waals surface area contributed by atoms with Crippen LogP contribution in [0.4, 0.5) is 5.69 Å². The SMILES string of the molecule is CC(C)C(=O)CCCCCC(NC(=O)C1CCCN(C)C1)C(=O)Nc1ccc2ccccc2c1. The minimum Gasteiger partial charge on any atom is -0.344 e. The van der Waals surface area contributed by atoms with Gasteiger partial charge in [0.15, 0.2) is 0 Å². The molecule has 1 aliphatic heterocycles. The highest BCUT2D eigenvalue weighted by Gasteiger charge is 2.28. The number of hydrogen-bond donors (Lipinski definition) is 2. The Bertz CT molecular complexity index is 988. The number of nitrogens with zero attached hydrogens (tertiary/aromatic N) is 1. The van der Waals surface area contributed by atoms with Crippen molar-refractivity contribution in [2.45, 2.75) is 64.8 Å². The van der Waals surface area contributed by atoms with E-state index < -0.39 is 6.04 Å². The maximum atomic E-state index is 13.2. The summed E-state index contributed by atoms with van der Waals surface area (Å²) < 4.78 is 0. The van der Waals surface area contributed by atoms with Crippen molar-refractivity contribution in [1.29, 1.82) is 0 Å². The molecule has 3 rings (SSSR count). The van der Waals surface area contributed by atoms with Crippen LogP contribution >= 0.6 is 0 Å². The minimum absolute atomic E-state index is 0.0415.